The number of rotatable bonds is 11. The van der Waals surface area contributed by atoms with E-state index in [-0.39, 0.29) is 0 Å². The van der Waals surface area contributed by atoms with Gasteiger partial charge in [-0.25, -0.2) is 4.90 Å². The number of nitrogens with zero attached hydrogens (tertiary/aromatic N) is 1. The van der Waals surface area contributed by atoms with Crippen molar-refractivity contribution < 1.29 is 20.1 Å². The molecule has 3 unspecified atom stereocenters. The van der Waals surface area contributed by atoms with Crippen molar-refractivity contribution in [3.05, 3.63) is 0 Å². The molecule has 0 aromatic carbocycles. The predicted molar refractivity (Wildman–Crippen MR) is 85.6 cm³/mol. The summed E-state index contributed by atoms with van der Waals surface area (Å²) in [5, 5.41) is 26.9. The average molecular weight is 305 g/mol. The highest BCUT2D eigenvalue weighted by Gasteiger charge is 2.20. The molecule has 0 amide bonds. The molecule has 0 radical (unpaired) electrons. The largest absolute Gasteiger partial charge is 0.379 e. The van der Waals surface area contributed by atoms with Crippen LogP contribution in [0.15, 0.2) is 0 Å². The zero-order chi connectivity index (χ0) is 16.7. The molecule has 0 spiro atoms. The van der Waals surface area contributed by atoms with Crippen molar-refractivity contribution in [1.29, 1.82) is 0 Å². The summed E-state index contributed by atoms with van der Waals surface area (Å²) in [6.45, 7) is 6.69. The van der Waals surface area contributed by atoms with Crippen LogP contribution in [0.4, 0.5) is 0 Å². The molecule has 21 heavy (non-hydrogen) atoms. The van der Waals surface area contributed by atoms with E-state index in [0.29, 0.717) is 0 Å². The van der Waals surface area contributed by atoms with Crippen molar-refractivity contribution in [2.45, 2.75) is 97.7 Å². The predicted octanol–water partition coefficient (Wildman–Crippen LogP) is 2.63. The molecule has 5 nitrogen and oxygen atoms in total. The van der Waals surface area contributed by atoms with Gasteiger partial charge in [0.2, 0.25) is 0 Å². The van der Waals surface area contributed by atoms with Crippen molar-refractivity contribution in [2.24, 2.45) is 0 Å². The molecule has 5 heteroatoms. The standard InChI is InChI=1S/C10H20O.C6H15NO3/c1-2-3-4-5-6-7-8-9-10-11;1-4(8)7(5(2)9)6(3)10/h10H,2-9H2,1H3;4-6,8-10H,1-3H3. The fourth-order valence-corrected chi connectivity index (χ4v) is 2.12. The van der Waals surface area contributed by atoms with Gasteiger partial charge in [0, 0.05) is 6.42 Å². The van der Waals surface area contributed by atoms with Crippen LogP contribution in [0.5, 0.6) is 0 Å². The van der Waals surface area contributed by atoms with E-state index in [1.807, 2.05) is 0 Å². The molecule has 0 saturated carbocycles. The van der Waals surface area contributed by atoms with Crippen LogP contribution in [-0.2, 0) is 4.79 Å². The van der Waals surface area contributed by atoms with E-state index < -0.39 is 18.7 Å². The monoisotopic (exact) mass is 305 g/mol. The Hall–Kier alpha value is -0.490. The molecule has 0 aromatic rings. The molecular formula is C16H35NO4. The zero-order valence-corrected chi connectivity index (χ0v) is 14.2. The van der Waals surface area contributed by atoms with Gasteiger partial charge in [0.1, 0.15) is 25.0 Å². The smallest absolute Gasteiger partial charge is 0.119 e. The molecule has 0 aromatic heterocycles. The lowest BCUT2D eigenvalue weighted by atomic mass is 10.1. The Morgan fingerprint density at radius 1 is 0.810 bits per heavy atom. The minimum Gasteiger partial charge on any atom is -0.379 e. The maximum Gasteiger partial charge on any atom is 0.119 e. The first kappa shape index (κ1) is 22.8. The maximum atomic E-state index is 9.94. The number of carbonyl (C=O) groups is 1. The molecule has 0 saturated heterocycles. The van der Waals surface area contributed by atoms with Gasteiger partial charge in [-0.3, -0.25) is 0 Å². The van der Waals surface area contributed by atoms with Gasteiger partial charge in [-0.1, -0.05) is 45.4 Å². The fourth-order valence-electron chi connectivity index (χ4n) is 2.12. The molecule has 0 fully saturated rings. The Morgan fingerprint density at radius 3 is 1.48 bits per heavy atom. The first-order chi connectivity index (χ1) is 9.88. The Bertz CT molecular complexity index is 201. The Balaban J connectivity index is 0. The molecule has 0 heterocycles. The number of aldehydes is 1. The quantitative estimate of drug-likeness (QED) is 0.310. The normalized spacial score (nSPS) is 15.0. The number of unbranched alkanes of at least 4 members (excludes halogenated alkanes) is 7. The van der Waals surface area contributed by atoms with E-state index in [1.54, 1.807) is 0 Å². The summed E-state index contributed by atoms with van der Waals surface area (Å²) < 4.78 is 0. The van der Waals surface area contributed by atoms with Crippen LogP contribution in [0.2, 0.25) is 0 Å². The SMILES string of the molecule is CC(O)N(C(C)O)C(C)O.CCCCCCCCCC=O. The van der Waals surface area contributed by atoms with E-state index in [4.69, 9.17) is 15.3 Å². The lowest BCUT2D eigenvalue weighted by Crippen LogP contribution is -2.45. The summed E-state index contributed by atoms with van der Waals surface area (Å²) >= 11 is 0. The lowest BCUT2D eigenvalue weighted by molar-refractivity contribution is -0.159. The second kappa shape index (κ2) is 15.9. The molecule has 3 atom stereocenters. The summed E-state index contributed by atoms with van der Waals surface area (Å²) in [6, 6.07) is 0. The third-order valence-electron chi connectivity index (χ3n) is 3.22. The van der Waals surface area contributed by atoms with E-state index in [2.05, 4.69) is 6.92 Å². The van der Waals surface area contributed by atoms with Crippen LogP contribution in [-0.4, -0.2) is 45.2 Å². The van der Waals surface area contributed by atoms with Gasteiger partial charge in [-0.15, -0.1) is 0 Å². The third-order valence-corrected chi connectivity index (χ3v) is 3.22. The minimum atomic E-state index is -0.833. The van der Waals surface area contributed by atoms with Gasteiger partial charge in [-0.2, -0.15) is 0 Å². The van der Waals surface area contributed by atoms with Gasteiger partial charge in [0.05, 0.1) is 0 Å². The number of carbonyl (C=O) groups excluding carboxylic acids is 1. The van der Waals surface area contributed by atoms with Crippen molar-refractivity contribution in [3.8, 4) is 0 Å². The van der Waals surface area contributed by atoms with Crippen molar-refractivity contribution in [1.82, 2.24) is 4.90 Å². The zero-order valence-electron chi connectivity index (χ0n) is 14.2. The van der Waals surface area contributed by atoms with Crippen LogP contribution >= 0.6 is 0 Å². The molecule has 0 rings (SSSR count). The fraction of sp³-hybridized carbons (Fsp3) is 0.938. The second-order valence-electron chi connectivity index (χ2n) is 5.42. The van der Waals surface area contributed by atoms with Crippen molar-refractivity contribution in [3.63, 3.8) is 0 Å². The third kappa shape index (κ3) is 15.7. The Labute approximate surface area is 130 Å². The van der Waals surface area contributed by atoms with Crippen LogP contribution in [0.25, 0.3) is 0 Å². The first-order valence-corrected chi connectivity index (χ1v) is 8.13. The highest BCUT2D eigenvalue weighted by atomic mass is 16.4. The Kier molecular flexibility index (Phi) is 17.2. The Morgan fingerprint density at radius 2 is 1.19 bits per heavy atom. The van der Waals surface area contributed by atoms with Gasteiger partial charge in [0.25, 0.3) is 0 Å². The number of hydrogen-bond donors (Lipinski definition) is 3. The minimum absolute atomic E-state index is 0.758. The highest BCUT2D eigenvalue weighted by molar-refractivity contribution is 5.48. The van der Waals surface area contributed by atoms with Gasteiger partial charge in [-0.05, 0) is 27.2 Å². The van der Waals surface area contributed by atoms with E-state index in [1.165, 1.54) is 64.2 Å². The molecule has 3 N–H and O–H groups in total. The molecule has 128 valence electrons. The number of hydrogen-bond acceptors (Lipinski definition) is 5. The topological polar surface area (TPSA) is 81.0 Å². The highest BCUT2D eigenvalue weighted by Crippen LogP contribution is 2.07. The van der Waals surface area contributed by atoms with E-state index in [0.717, 1.165) is 19.1 Å². The van der Waals surface area contributed by atoms with Gasteiger partial charge >= 0.3 is 0 Å². The van der Waals surface area contributed by atoms with Gasteiger partial charge < -0.3 is 20.1 Å². The second-order valence-corrected chi connectivity index (χ2v) is 5.42. The number of aliphatic hydroxyl groups is 3. The summed E-state index contributed by atoms with van der Waals surface area (Å²) in [5.74, 6) is 0. The summed E-state index contributed by atoms with van der Waals surface area (Å²) in [7, 11) is 0. The van der Waals surface area contributed by atoms with Crippen LogP contribution in [0, 0.1) is 0 Å². The summed E-state index contributed by atoms with van der Waals surface area (Å²) in [5.41, 5.74) is 0. The molecule has 0 aliphatic carbocycles. The van der Waals surface area contributed by atoms with E-state index in [9.17, 15) is 4.79 Å². The van der Waals surface area contributed by atoms with Gasteiger partial charge in [0.15, 0.2) is 0 Å². The average Bonchev–Trinajstić information content (AvgIpc) is 2.37. The van der Waals surface area contributed by atoms with Crippen molar-refractivity contribution >= 4 is 6.29 Å². The van der Waals surface area contributed by atoms with Crippen LogP contribution in [0.1, 0.15) is 79.1 Å². The first-order valence-electron chi connectivity index (χ1n) is 8.13. The molecule has 0 aliphatic rings. The molecule has 0 bridgehead atoms. The number of aliphatic hydroxyl groups excluding tert-OH is 3. The van der Waals surface area contributed by atoms with Crippen LogP contribution in [0.3, 0.4) is 0 Å². The molecular weight excluding hydrogens is 270 g/mol. The van der Waals surface area contributed by atoms with Crippen LogP contribution < -0.4 is 0 Å². The van der Waals surface area contributed by atoms with E-state index >= 15 is 0 Å². The summed E-state index contributed by atoms with van der Waals surface area (Å²) in [6.07, 6.45) is 8.33. The molecule has 0 aliphatic heterocycles. The lowest BCUT2D eigenvalue weighted by Gasteiger charge is -2.30. The van der Waals surface area contributed by atoms with Crippen molar-refractivity contribution in [2.75, 3.05) is 0 Å². The maximum absolute atomic E-state index is 9.94. The summed E-state index contributed by atoms with van der Waals surface area (Å²) in [4.78, 5) is 11.1.